The molecule has 0 unspecified atom stereocenters. The third-order valence-corrected chi connectivity index (χ3v) is 3.90. The minimum atomic E-state index is -0.212. The van der Waals surface area contributed by atoms with Crippen molar-refractivity contribution in [3.63, 3.8) is 0 Å². The molecule has 0 radical (unpaired) electrons. The second-order valence-corrected chi connectivity index (χ2v) is 6.22. The van der Waals surface area contributed by atoms with E-state index in [2.05, 4.69) is 30.8 Å². The number of rotatable bonds is 7. The predicted molar refractivity (Wildman–Crippen MR) is 99.7 cm³/mol. The molecule has 2 rings (SSSR count). The van der Waals surface area contributed by atoms with E-state index in [1.54, 1.807) is 48.3 Å². The van der Waals surface area contributed by atoms with Crippen molar-refractivity contribution in [2.75, 3.05) is 17.3 Å². The fourth-order valence-electron chi connectivity index (χ4n) is 2.29. The van der Waals surface area contributed by atoms with Gasteiger partial charge in [-0.2, -0.15) is 5.10 Å². The molecular formula is C19H24N4O2. The van der Waals surface area contributed by atoms with Crippen LogP contribution in [0.25, 0.3) is 0 Å². The van der Waals surface area contributed by atoms with E-state index in [1.165, 1.54) is 11.0 Å². The van der Waals surface area contributed by atoms with Crippen LogP contribution in [0.15, 0.2) is 49.2 Å². The third kappa shape index (κ3) is 4.79. The summed E-state index contributed by atoms with van der Waals surface area (Å²) in [6.45, 7) is 8.52. The summed E-state index contributed by atoms with van der Waals surface area (Å²) < 4.78 is 1.79. The zero-order valence-corrected chi connectivity index (χ0v) is 14.9. The molecule has 0 fully saturated rings. The Morgan fingerprint density at radius 3 is 2.56 bits per heavy atom. The van der Waals surface area contributed by atoms with Crippen LogP contribution in [0.1, 0.15) is 30.6 Å². The van der Waals surface area contributed by atoms with Crippen molar-refractivity contribution in [3.05, 3.63) is 54.7 Å². The Bertz CT molecular complexity index is 747. The molecule has 0 saturated heterocycles. The predicted octanol–water partition coefficient (Wildman–Crippen LogP) is 3.33. The van der Waals surface area contributed by atoms with Gasteiger partial charge in [0.05, 0.1) is 6.20 Å². The van der Waals surface area contributed by atoms with Crippen molar-refractivity contribution >= 4 is 23.3 Å². The maximum Gasteiger partial charge on any atom is 0.256 e. The number of benzene rings is 1. The Labute approximate surface area is 148 Å². The molecule has 132 valence electrons. The smallest absolute Gasteiger partial charge is 0.256 e. The van der Waals surface area contributed by atoms with Crippen LogP contribution in [0, 0.1) is 5.92 Å². The number of carbonyl (C=O) groups excluding carboxylic acids is 2. The lowest BCUT2D eigenvalue weighted by Crippen LogP contribution is -2.23. The number of anilines is 2. The number of amides is 2. The van der Waals surface area contributed by atoms with Crippen molar-refractivity contribution in [2.45, 2.75) is 26.8 Å². The van der Waals surface area contributed by atoms with E-state index in [9.17, 15) is 9.59 Å². The fraction of sp³-hybridized carbons (Fsp3) is 0.316. The zero-order valence-electron chi connectivity index (χ0n) is 14.9. The molecule has 6 heteroatoms. The van der Waals surface area contributed by atoms with Gasteiger partial charge in [0.25, 0.3) is 5.91 Å². The van der Waals surface area contributed by atoms with Crippen LogP contribution < -0.4 is 10.2 Å². The summed E-state index contributed by atoms with van der Waals surface area (Å²) in [5, 5.41) is 7.13. The first kappa shape index (κ1) is 18.4. The van der Waals surface area contributed by atoms with Gasteiger partial charge in [0.1, 0.15) is 5.82 Å². The van der Waals surface area contributed by atoms with Gasteiger partial charge in [-0.25, -0.2) is 4.68 Å². The number of aromatic nitrogens is 2. The number of nitrogens with one attached hydrogen (secondary N) is 1. The van der Waals surface area contributed by atoms with Crippen molar-refractivity contribution in [2.24, 2.45) is 5.92 Å². The number of hydrogen-bond acceptors (Lipinski definition) is 3. The van der Waals surface area contributed by atoms with E-state index in [1.807, 2.05) is 0 Å². The van der Waals surface area contributed by atoms with Crippen molar-refractivity contribution in [3.8, 4) is 0 Å². The second kappa shape index (κ2) is 8.28. The number of carbonyl (C=O) groups is 2. The Morgan fingerprint density at radius 1 is 1.28 bits per heavy atom. The summed E-state index contributed by atoms with van der Waals surface area (Å²) >= 11 is 0. The lowest BCUT2D eigenvalue weighted by Gasteiger charge is -2.15. The lowest BCUT2D eigenvalue weighted by atomic mass is 10.1. The Morgan fingerprint density at radius 2 is 1.96 bits per heavy atom. The molecule has 1 heterocycles. The highest BCUT2D eigenvalue weighted by Gasteiger charge is 2.12. The molecule has 0 spiro atoms. The van der Waals surface area contributed by atoms with Crippen LogP contribution in [0.3, 0.4) is 0 Å². The summed E-state index contributed by atoms with van der Waals surface area (Å²) in [4.78, 5) is 25.5. The van der Waals surface area contributed by atoms with Crippen LogP contribution in [0.2, 0.25) is 0 Å². The monoisotopic (exact) mass is 340 g/mol. The minimum Gasteiger partial charge on any atom is -0.312 e. The summed E-state index contributed by atoms with van der Waals surface area (Å²) in [5.74, 6) is 0.825. The van der Waals surface area contributed by atoms with Gasteiger partial charge in [0.2, 0.25) is 5.91 Å². The van der Waals surface area contributed by atoms with E-state index < -0.39 is 0 Å². The Kier molecular flexibility index (Phi) is 6.11. The van der Waals surface area contributed by atoms with Crippen LogP contribution in [0.4, 0.5) is 11.5 Å². The van der Waals surface area contributed by atoms with Crippen molar-refractivity contribution < 1.29 is 9.59 Å². The Hall–Kier alpha value is -2.89. The molecule has 1 aromatic heterocycles. The molecule has 2 amide bonds. The summed E-state index contributed by atoms with van der Waals surface area (Å²) in [5.41, 5.74) is 1.21. The average Bonchev–Trinajstić information content (AvgIpc) is 3.05. The molecular weight excluding hydrogens is 316 g/mol. The standard InChI is InChI=1S/C19H24N4O2/c1-5-18(24)22(4)16-8-6-15(7-9-16)19(25)21-17-10-12-20-23(17)13-11-14(2)3/h5-10,12,14H,1,11,13H2,2-4H3,(H,21,25). The second-order valence-electron chi connectivity index (χ2n) is 6.22. The maximum absolute atomic E-state index is 12.4. The van der Waals surface area contributed by atoms with Crippen LogP contribution in [0.5, 0.6) is 0 Å². The topological polar surface area (TPSA) is 67.2 Å². The molecule has 0 aliphatic carbocycles. The molecule has 25 heavy (non-hydrogen) atoms. The highest BCUT2D eigenvalue weighted by Crippen LogP contribution is 2.16. The molecule has 1 aromatic carbocycles. The summed E-state index contributed by atoms with van der Waals surface area (Å²) in [6, 6.07) is 8.61. The number of likely N-dealkylation sites (N-methyl/N-ethyl adjacent to an activating group) is 1. The van der Waals surface area contributed by atoms with Crippen molar-refractivity contribution in [1.29, 1.82) is 0 Å². The molecule has 1 N–H and O–H groups in total. The first-order valence-corrected chi connectivity index (χ1v) is 8.25. The van der Waals surface area contributed by atoms with Gasteiger partial charge in [-0.15, -0.1) is 0 Å². The molecule has 0 saturated carbocycles. The molecule has 0 aliphatic rings. The lowest BCUT2D eigenvalue weighted by molar-refractivity contribution is -0.113. The molecule has 0 atom stereocenters. The normalized spacial score (nSPS) is 10.6. The van der Waals surface area contributed by atoms with E-state index in [0.717, 1.165) is 13.0 Å². The highest BCUT2D eigenvalue weighted by molar-refractivity contribution is 6.05. The van der Waals surface area contributed by atoms with Gasteiger partial charge in [0, 0.05) is 30.9 Å². The summed E-state index contributed by atoms with van der Waals surface area (Å²) in [6.07, 6.45) is 3.91. The average molecular weight is 340 g/mol. The largest absolute Gasteiger partial charge is 0.312 e. The van der Waals surface area contributed by atoms with E-state index in [0.29, 0.717) is 23.0 Å². The first-order valence-electron chi connectivity index (χ1n) is 8.25. The number of aryl methyl sites for hydroxylation is 1. The molecule has 6 nitrogen and oxygen atoms in total. The van der Waals surface area contributed by atoms with Crippen LogP contribution >= 0.6 is 0 Å². The van der Waals surface area contributed by atoms with E-state index >= 15 is 0 Å². The maximum atomic E-state index is 12.4. The van der Waals surface area contributed by atoms with Gasteiger partial charge in [-0.1, -0.05) is 20.4 Å². The molecule has 0 aliphatic heterocycles. The fourth-order valence-corrected chi connectivity index (χ4v) is 2.29. The van der Waals surface area contributed by atoms with Gasteiger partial charge >= 0.3 is 0 Å². The molecule has 0 bridgehead atoms. The van der Waals surface area contributed by atoms with E-state index in [4.69, 9.17) is 0 Å². The SMILES string of the molecule is C=CC(=O)N(C)c1ccc(C(=O)Nc2ccnn2CCC(C)C)cc1. The quantitative estimate of drug-likeness (QED) is 0.786. The Balaban J connectivity index is 2.05. The highest BCUT2D eigenvalue weighted by atomic mass is 16.2. The van der Waals surface area contributed by atoms with Gasteiger partial charge in [-0.05, 0) is 42.7 Å². The zero-order chi connectivity index (χ0) is 18.4. The minimum absolute atomic E-state index is 0.203. The van der Waals surface area contributed by atoms with Gasteiger partial charge in [0.15, 0.2) is 0 Å². The van der Waals surface area contributed by atoms with Gasteiger partial charge in [-0.3, -0.25) is 9.59 Å². The molecule has 2 aromatic rings. The number of nitrogens with zero attached hydrogens (tertiary/aromatic N) is 3. The third-order valence-electron chi connectivity index (χ3n) is 3.90. The summed E-state index contributed by atoms with van der Waals surface area (Å²) in [7, 11) is 1.66. The van der Waals surface area contributed by atoms with Crippen LogP contribution in [-0.2, 0) is 11.3 Å². The van der Waals surface area contributed by atoms with Gasteiger partial charge < -0.3 is 10.2 Å². The van der Waals surface area contributed by atoms with E-state index in [-0.39, 0.29) is 11.8 Å². The first-order chi connectivity index (χ1) is 11.9. The van der Waals surface area contributed by atoms with Crippen molar-refractivity contribution in [1.82, 2.24) is 9.78 Å². The van der Waals surface area contributed by atoms with Crippen LogP contribution in [-0.4, -0.2) is 28.6 Å². The number of hydrogen-bond donors (Lipinski definition) is 1.